The highest BCUT2D eigenvalue weighted by molar-refractivity contribution is 7.12. The molecule has 0 aliphatic heterocycles. The minimum atomic E-state index is 0.518. The summed E-state index contributed by atoms with van der Waals surface area (Å²) in [6.45, 7) is 2.61. The van der Waals surface area contributed by atoms with E-state index < -0.39 is 0 Å². The number of benzene rings is 1. The monoisotopic (exact) mass is 302 g/mol. The summed E-state index contributed by atoms with van der Waals surface area (Å²) in [6.07, 6.45) is 2.55. The van der Waals surface area contributed by atoms with E-state index in [1.165, 1.54) is 11.3 Å². The molecule has 110 valence electrons. The number of para-hydroxylation sites is 2. The second-order valence-corrected chi connectivity index (χ2v) is 5.58. The van der Waals surface area contributed by atoms with Crippen LogP contribution < -0.4 is 9.47 Å². The fourth-order valence-electron chi connectivity index (χ4n) is 1.99. The van der Waals surface area contributed by atoms with Crippen LogP contribution in [0.5, 0.6) is 11.5 Å². The number of thiazole rings is 1. The van der Waals surface area contributed by atoms with Gasteiger partial charge < -0.3 is 9.47 Å². The second kappa shape index (κ2) is 7.65. The molecule has 0 spiro atoms. The normalized spacial score (nSPS) is 10.1. The van der Waals surface area contributed by atoms with E-state index in [4.69, 9.17) is 14.7 Å². The first kappa shape index (κ1) is 15.3. The molecular weight excluding hydrogens is 284 g/mol. The minimum absolute atomic E-state index is 0.518. The van der Waals surface area contributed by atoms with Crippen LogP contribution in [0.1, 0.15) is 28.9 Å². The van der Waals surface area contributed by atoms with Gasteiger partial charge in [0.2, 0.25) is 0 Å². The Balaban J connectivity index is 1.96. The third kappa shape index (κ3) is 3.96. The minimum Gasteiger partial charge on any atom is -0.493 e. The summed E-state index contributed by atoms with van der Waals surface area (Å²) in [6, 6.07) is 9.78. The Bertz CT molecular complexity index is 631. The molecule has 21 heavy (non-hydrogen) atoms. The maximum Gasteiger partial charge on any atom is 0.161 e. The second-order valence-electron chi connectivity index (χ2n) is 4.49. The molecule has 4 nitrogen and oxygen atoms in total. The maximum atomic E-state index is 9.10. The van der Waals surface area contributed by atoms with Gasteiger partial charge in [-0.3, -0.25) is 0 Å². The number of ether oxygens (including phenoxy) is 2. The topological polar surface area (TPSA) is 55.1 Å². The van der Waals surface area contributed by atoms with Crippen molar-refractivity contribution < 1.29 is 9.47 Å². The summed E-state index contributed by atoms with van der Waals surface area (Å²) in [5, 5.41) is 10.1. The van der Waals surface area contributed by atoms with Crippen molar-refractivity contribution in [2.24, 2.45) is 0 Å². The third-order valence-corrected chi connectivity index (χ3v) is 4.03. The summed E-state index contributed by atoms with van der Waals surface area (Å²) in [4.78, 5) is 5.26. The van der Waals surface area contributed by atoms with Crippen molar-refractivity contribution >= 4 is 11.3 Å². The van der Waals surface area contributed by atoms with E-state index in [-0.39, 0.29) is 0 Å². The van der Waals surface area contributed by atoms with Crippen molar-refractivity contribution in [1.82, 2.24) is 4.98 Å². The zero-order valence-electron chi connectivity index (χ0n) is 12.3. The van der Waals surface area contributed by atoms with Crippen LogP contribution in [0.3, 0.4) is 0 Å². The first-order chi connectivity index (χ1) is 10.3. The summed E-state index contributed by atoms with van der Waals surface area (Å²) >= 11 is 1.46. The van der Waals surface area contributed by atoms with Crippen molar-refractivity contribution in [2.45, 2.75) is 26.2 Å². The van der Waals surface area contributed by atoms with E-state index in [1.807, 2.05) is 24.3 Å². The Labute approximate surface area is 129 Å². The molecule has 1 heterocycles. The summed E-state index contributed by atoms with van der Waals surface area (Å²) in [5.74, 6) is 1.45. The summed E-state index contributed by atoms with van der Waals surface area (Å²) in [5.41, 5.74) is 0.914. The number of hydrogen-bond donors (Lipinski definition) is 0. The summed E-state index contributed by atoms with van der Waals surface area (Å²) in [7, 11) is 1.62. The molecule has 2 aromatic rings. The van der Waals surface area contributed by atoms with Crippen molar-refractivity contribution in [3.8, 4) is 17.6 Å². The zero-order chi connectivity index (χ0) is 15.1. The Morgan fingerprint density at radius 1 is 1.24 bits per heavy atom. The molecule has 2 rings (SSSR count). The Hall–Kier alpha value is -2.06. The van der Waals surface area contributed by atoms with Crippen LogP contribution in [-0.2, 0) is 12.8 Å². The number of aromatic nitrogens is 1. The Kier molecular flexibility index (Phi) is 5.59. The van der Waals surface area contributed by atoms with Crippen LogP contribution in [0.4, 0.5) is 0 Å². The van der Waals surface area contributed by atoms with Gasteiger partial charge in [0.15, 0.2) is 11.5 Å². The largest absolute Gasteiger partial charge is 0.493 e. The highest BCUT2D eigenvalue weighted by atomic mass is 32.1. The van der Waals surface area contributed by atoms with E-state index >= 15 is 0 Å². The molecule has 0 N–H and O–H groups in total. The fourth-order valence-corrected chi connectivity index (χ4v) is 2.88. The molecule has 0 aliphatic rings. The van der Waals surface area contributed by atoms with Crippen LogP contribution in [0.2, 0.25) is 0 Å². The molecule has 0 radical (unpaired) electrons. The van der Waals surface area contributed by atoms with Gasteiger partial charge in [-0.25, -0.2) is 4.98 Å². The highest BCUT2D eigenvalue weighted by Crippen LogP contribution is 2.26. The lowest BCUT2D eigenvalue weighted by atomic mass is 10.2. The van der Waals surface area contributed by atoms with Gasteiger partial charge >= 0.3 is 0 Å². The van der Waals surface area contributed by atoms with Crippen LogP contribution >= 0.6 is 11.3 Å². The van der Waals surface area contributed by atoms with Crippen LogP contribution in [-0.4, -0.2) is 18.7 Å². The van der Waals surface area contributed by atoms with E-state index in [0.717, 1.165) is 39.9 Å². The first-order valence-corrected chi connectivity index (χ1v) is 7.74. The van der Waals surface area contributed by atoms with Gasteiger partial charge in [-0.1, -0.05) is 25.5 Å². The molecule has 0 atom stereocenters. The number of nitriles is 1. The van der Waals surface area contributed by atoms with Crippen molar-refractivity contribution in [3.63, 3.8) is 0 Å². The Morgan fingerprint density at radius 3 is 2.67 bits per heavy atom. The van der Waals surface area contributed by atoms with Gasteiger partial charge in [0.05, 0.1) is 24.4 Å². The molecule has 5 heteroatoms. The molecule has 0 unspecified atom stereocenters. The van der Waals surface area contributed by atoms with Gasteiger partial charge in [-0.05, 0) is 18.6 Å². The van der Waals surface area contributed by atoms with Gasteiger partial charge in [-0.15, -0.1) is 11.3 Å². The number of methoxy groups -OCH3 is 1. The van der Waals surface area contributed by atoms with E-state index in [0.29, 0.717) is 13.0 Å². The molecule has 0 amide bonds. The van der Waals surface area contributed by atoms with Crippen LogP contribution in [0.25, 0.3) is 0 Å². The maximum absolute atomic E-state index is 9.10. The van der Waals surface area contributed by atoms with E-state index in [9.17, 15) is 0 Å². The van der Waals surface area contributed by atoms with Gasteiger partial charge in [0, 0.05) is 6.42 Å². The molecule has 0 fully saturated rings. The molecular formula is C16H18N2O2S. The number of aryl methyl sites for hydroxylation is 1. The van der Waals surface area contributed by atoms with Gasteiger partial charge in [-0.2, -0.15) is 5.26 Å². The first-order valence-electron chi connectivity index (χ1n) is 6.93. The molecule has 0 aliphatic carbocycles. The molecule has 1 aromatic carbocycles. The van der Waals surface area contributed by atoms with E-state index in [2.05, 4.69) is 18.0 Å². The van der Waals surface area contributed by atoms with Crippen molar-refractivity contribution in [3.05, 3.63) is 39.8 Å². The molecule has 0 saturated heterocycles. The number of rotatable bonds is 7. The van der Waals surface area contributed by atoms with Gasteiger partial charge in [0.25, 0.3) is 0 Å². The van der Waals surface area contributed by atoms with Crippen molar-refractivity contribution in [2.75, 3.05) is 13.7 Å². The van der Waals surface area contributed by atoms with Crippen molar-refractivity contribution in [1.29, 1.82) is 5.26 Å². The standard InChI is InChI=1S/C16H18N2O2S/c1-3-6-12-15(11-17)21-16(18-12)9-10-20-14-8-5-4-7-13(14)19-2/h4-5,7-8H,3,6,9-10H2,1-2H3. The number of hydrogen-bond acceptors (Lipinski definition) is 5. The quantitative estimate of drug-likeness (QED) is 0.784. The summed E-state index contributed by atoms with van der Waals surface area (Å²) < 4.78 is 11.0. The smallest absolute Gasteiger partial charge is 0.161 e. The van der Waals surface area contributed by atoms with Crippen LogP contribution in [0.15, 0.2) is 24.3 Å². The number of nitrogens with zero attached hydrogens (tertiary/aromatic N) is 2. The average Bonchev–Trinajstić information content (AvgIpc) is 2.90. The Morgan fingerprint density at radius 2 is 2.00 bits per heavy atom. The SMILES string of the molecule is CCCc1nc(CCOc2ccccc2OC)sc1C#N. The zero-order valence-corrected chi connectivity index (χ0v) is 13.1. The average molecular weight is 302 g/mol. The van der Waals surface area contributed by atoms with Crippen LogP contribution in [0, 0.1) is 11.3 Å². The predicted octanol–water partition coefficient (Wildman–Crippen LogP) is 3.60. The third-order valence-electron chi connectivity index (χ3n) is 2.97. The molecule has 0 saturated carbocycles. The lowest BCUT2D eigenvalue weighted by Crippen LogP contribution is -2.02. The van der Waals surface area contributed by atoms with Gasteiger partial charge in [0.1, 0.15) is 10.9 Å². The lowest BCUT2D eigenvalue weighted by Gasteiger charge is -2.09. The van der Waals surface area contributed by atoms with E-state index in [1.54, 1.807) is 7.11 Å². The highest BCUT2D eigenvalue weighted by Gasteiger charge is 2.10. The fraction of sp³-hybridized carbons (Fsp3) is 0.375. The predicted molar refractivity (Wildman–Crippen MR) is 83.0 cm³/mol. The molecule has 1 aromatic heterocycles. The lowest BCUT2D eigenvalue weighted by molar-refractivity contribution is 0.297. The molecule has 0 bridgehead atoms.